The average molecular weight is 293 g/mol. The molecule has 1 heterocycles. The van der Waals surface area contributed by atoms with Crippen molar-refractivity contribution in [2.45, 2.75) is 45.6 Å². The van der Waals surface area contributed by atoms with E-state index in [4.69, 9.17) is 0 Å². The quantitative estimate of drug-likeness (QED) is 0.730. The molecule has 1 atom stereocenters. The zero-order valence-electron chi connectivity index (χ0n) is 13.8. The van der Waals surface area contributed by atoms with E-state index in [2.05, 4.69) is 39.0 Å². The number of amides is 1. The van der Waals surface area contributed by atoms with Crippen molar-refractivity contribution >= 4 is 11.6 Å². The van der Waals surface area contributed by atoms with Gasteiger partial charge in [-0.2, -0.15) is 0 Å². The third kappa shape index (κ3) is 2.43. The van der Waals surface area contributed by atoms with E-state index in [-0.39, 0.29) is 11.4 Å². The van der Waals surface area contributed by atoms with Crippen LogP contribution in [0.25, 0.3) is 0 Å². The molecular weight excluding hydrogens is 270 g/mol. The first kappa shape index (κ1) is 14.8. The summed E-state index contributed by atoms with van der Waals surface area (Å²) in [5.41, 5.74) is 4.06. The van der Waals surface area contributed by atoms with Crippen molar-refractivity contribution in [2.24, 2.45) is 0 Å². The van der Waals surface area contributed by atoms with Crippen molar-refractivity contribution < 1.29 is 4.79 Å². The van der Waals surface area contributed by atoms with Crippen molar-refractivity contribution in [1.29, 1.82) is 0 Å². The van der Waals surface area contributed by atoms with Gasteiger partial charge < -0.3 is 4.90 Å². The molecule has 2 heteroatoms. The van der Waals surface area contributed by atoms with Crippen LogP contribution in [0.15, 0.2) is 48.5 Å². The third-order valence-electron chi connectivity index (χ3n) is 4.62. The van der Waals surface area contributed by atoms with Crippen LogP contribution < -0.4 is 4.90 Å². The standard InChI is InChI=1S/C20H23NO/c1-14-9-11-16(12-10-14)19(22)21-18-8-6-5-7-17(18)15(2)13-20(21,3)4/h5-12,15H,13H2,1-4H3. The fraction of sp³-hybridized carbons (Fsp3) is 0.350. The number of hydrogen-bond donors (Lipinski definition) is 0. The van der Waals surface area contributed by atoms with Crippen LogP contribution in [0.1, 0.15) is 54.6 Å². The second kappa shape index (κ2) is 5.28. The number of anilines is 1. The van der Waals surface area contributed by atoms with Gasteiger partial charge in [0.2, 0.25) is 0 Å². The predicted octanol–water partition coefficient (Wildman–Crippen LogP) is 4.93. The molecule has 1 amide bonds. The molecule has 2 aromatic rings. The van der Waals surface area contributed by atoms with E-state index >= 15 is 0 Å². The highest BCUT2D eigenvalue weighted by atomic mass is 16.2. The normalized spacial score (nSPS) is 19.6. The zero-order chi connectivity index (χ0) is 15.9. The van der Waals surface area contributed by atoms with Crippen molar-refractivity contribution in [1.82, 2.24) is 0 Å². The molecular formula is C20H23NO. The lowest BCUT2D eigenvalue weighted by Crippen LogP contribution is -2.51. The Balaban J connectivity index is 2.09. The molecule has 1 aliphatic heterocycles. The molecule has 0 bridgehead atoms. The number of fused-ring (bicyclic) bond motifs is 1. The summed E-state index contributed by atoms with van der Waals surface area (Å²) in [7, 11) is 0. The number of aryl methyl sites for hydroxylation is 1. The van der Waals surface area contributed by atoms with Crippen LogP contribution in [0.2, 0.25) is 0 Å². The number of carbonyl (C=O) groups is 1. The minimum absolute atomic E-state index is 0.0874. The number of rotatable bonds is 1. The Labute approximate surface area is 132 Å². The van der Waals surface area contributed by atoms with Crippen LogP contribution >= 0.6 is 0 Å². The highest BCUT2D eigenvalue weighted by Gasteiger charge is 2.39. The number of hydrogen-bond acceptors (Lipinski definition) is 1. The second-order valence-electron chi connectivity index (χ2n) is 6.98. The van der Waals surface area contributed by atoms with Crippen molar-refractivity contribution in [2.75, 3.05) is 4.90 Å². The van der Waals surface area contributed by atoms with Crippen molar-refractivity contribution in [3.63, 3.8) is 0 Å². The van der Waals surface area contributed by atoms with E-state index in [1.165, 1.54) is 11.1 Å². The smallest absolute Gasteiger partial charge is 0.258 e. The molecule has 0 fully saturated rings. The molecule has 0 saturated heterocycles. The van der Waals surface area contributed by atoms with Crippen LogP contribution in [0.4, 0.5) is 5.69 Å². The van der Waals surface area contributed by atoms with E-state index in [1.807, 2.05) is 42.2 Å². The summed E-state index contributed by atoms with van der Waals surface area (Å²) in [6.07, 6.45) is 0.974. The summed E-state index contributed by atoms with van der Waals surface area (Å²) in [5, 5.41) is 0. The van der Waals surface area contributed by atoms with Gasteiger partial charge in [-0.15, -0.1) is 0 Å². The summed E-state index contributed by atoms with van der Waals surface area (Å²) in [6.45, 7) is 8.60. The van der Waals surface area contributed by atoms with Gasteiger partial charge >= 0.3 is 0 Å². The summed E-state index contributed by atoms with van der Waals surface area (Å²) >= 11 is 0. The van der Waals surface area contributed by atoms with E-state index < -0.39 is 0 Å². The minimum atomic E-state index is -0.185. The lowest BCUT2D eigenvalue weighted by Gasteiger charge is -2.46. The van der Waals surface area contributed by atoms with Gasteiger partial charge in [-0.3, -0.25) is 4.79 Å². The number of benzene rings is 2. The molecule has 0 radical (unpaired) electrons. The lowest BCUT2D eigenvalue weighted by atomic mass is 9.79. The Kier molecular flexibility index (Phi) is 3.56. The molecule has 2 aromatic carbocycles. The number of nitrogens with zero attached hydrogens (tertiary/aromatic N) is 1. The van der Waals surface area contributed by atoms with Crippen molar-refractivity contribution in [3.05, 3.63) is 65.2 Å². The molecule has 3 rings (SSSR count). The SMILES string of the molecule is Cc1ccc(C(=O)N2c3ccccc3C(C)CC2(C)C)cc1. The van der Waals surface area contributed by atoms with Crippen molar-refractivity contribution in [3.8, 4) is 0 Å². The summed E-state index contributed by atoms with van der Waals surface area (Å²) in [4.78, 5) is 15.1. The van der Waals surface area contributed by atoms with Gasteiger partial charge in [0.05, 0.1) is 0 Å². The van der Waals surface area contributed by atoms with Gasteiger partial charge in [-0.25, -0.2) is 0 Å². The first-order chi connectivity index (χ1) is 10.4. The van der Waals surface area contributed by atoms with Crippen LogP contribution in [0.3, 0.4) is 0 Å². The third-order valence-corrected chi connectivity index (χ3v) is 4.62. The molecule has 2 nitrogen and oxygen atoms in total. The highest BCUT2D eigenvalue weighted by Crippen LogP contribution is 2.43. The Morgan fingerprint density at radius 2 is 1.73 bits per heavy atom. The van der Waals surface area contributed by atoms with E-state index in [9.17, 15) is 4.79 Å². The van der Waals surface area contributed by atoms with Gasteiger partial charge in [-0.1, -0.05) is 42.8 Å². The molecule has 114 valence electrons. The van der Waals surface area contributed by atoms with E-state index in [1.54, 1.807) is 0 Å². The summed E-state index contributed by atoms with van der Waals surface area (Å²) < 4.78 is 0. The minimum Gasteiger partial charge on any atom is -0.303 e. The average Bonchev–Trinajstić information content (AvgIpc) is 2.47. The first-order valence-electron chi connectivity index (χ1n) is 7.90. The van der Waals surface area contributed by atoms with E-state index in [0.717, 1.165) is 17.7 Å². The number of carbonyl (C=O) groups excluding carboxylic acids is 1. The van der Waals surface area contributed by atoms with Gasteiger partial charge in [0.25, 0.3) is 5.91 Å². The molecule has 0 aliphatic carbocycles. The van der Waals surface area contributed by atoms with E-state index in [0.29, 0.717) is 5.92 Å². The Bertz CT molecular complexity index is 700. The molecule has 1 unspecified atom stereocenters. The zero-order valence-corrected chi connectivity index (χ0v) is 13.8. The van der Waals surface area contributed by atoms with Crippen LogP contribution in [0.5, 0.6) is 0 Å². The van der Waals surface area contributed by atoms with Gasteiger partial charge in [0.1, 0.15) is 0 Å². The molecule has 0 aromatic heterocycles. The largest absolute Gasteiger partial charge is 0.303 e. The maximum atomic E-state index is 13.1. The highest BCUT2D eigenvalue weighted by molar-refractivity contribution is 6.07. The van der Waals surface area contributed by atoms with Crippen LogP contribution in [0, 0.1) is 6.92 Å². The molecule has 0 saturated carbocycles. The summed E-state index contributed by atoms with van der Waals surface area (Å²) in [6, 6.07) is 16.1. The Morgan fingerprint density at radius 1 is 1.09 bits per heavy atom. The monoisotopic (exact) mass is 293 g/mol. The lowest BCUT2D eigenvalue weighted by molar-refractivity contribution is 0.0954. The number of para-hydroxylation sites is 1. The summed E-state index contributed by atoms with van der Waals surface area (Å²) in [5.74, 6) is 0.553. The Morgan fingerprint density at radius 3 is 2.41 bits per heavy atom. The van der Waals surface area contributed by atoms with Gasteiger partial charge in [0.15, 0.2) is 0 Å². The molecule has 0 N–H and O–H groups in total. The fourth-order valence-corrected chi connectivity index (χ4v) is 3.59. The van der Waals surface area contributed by atoms with Crippen LogP contribution in [-0.4, -0.2) is 11.4 Å². The molecule has 0 spiro atoms. The fourth-order valence-electron chi connectivity index (χ4n) is 3.59. The topological polar surface area (TPSA) is 20.3 Å². The second-order valence-corrected chi connectivity index (χ2v) is 6.98. The molecule has 22 heavy (non-hydrogen) atoms. The van der Waals surface area contributed by atoms with Crippen LogP contribution in [-0.2, 0) is 0 Å². The Hall–Kier alpha value is -2.09. The maximum Gasteiger partial charge on any atom is 0.258 e. The first-order valence-corrected chi connectivity index (χ1v) is 7.90. The van der Waals surface area contributed by atoms with Gasteiger partial charge in [0, 0.05) is 16.8 Å². The van der Waals surface area contributed by atoms with Gasteiger partial charge in [-0.05, 0) is 56.9 Å². The maximum absolute atomic E-state index is 13.1. The predicted molar refractivity (Wildman–Crippen MR) is 91.5 cm³/mol. The molecule has 1 aliphatic rings.